The van der Waals surface area contributed by atoms with Crippen LogP contribution in [0, 0.1) is 0 Å². The Bertz CT molecular complexity index is 1650. The predicted octanol–water partition coefficient (Wildman–Crippen LogP) is 1.24. The van der Waals surface area contributed by atoms with Crippen molar-refractivity contribution in [1.82, 2.24) is 0 Å². The number of carbonyl (C=O) groups is 1. The number of hydrogen-bond donors (Lipinski definition) is 9. The zero-order chi connectivity index (χ0) is 32.1. The monoisotopic (exact) mass is 612 g/mol. The number of hydrogen-bond acceptors (Lipinski definition) is 12. The minimum Gasteiger partial charge on any atom is -0.872 e. The van der Waals surface area contributed by atoms with Crippen LogP contribution in [-0.4, -0.2) is 89.2 Å². The molecule has 14 nitrogen and oxygen atoms in total. The molecule has 0 aliphatic carbocycles. The molecule has 4 aromatic rings. The van der Waals surface area contributed by atoms with Crippen molar-refractivity contribution < 1.29 is 69.8 Å². The number of aromatic hydroxyl groups is 4. The largest absolute Gasteiger partial charge is 0.872 e. The highest BCUT2D eigenvalue weighted by molar-refractivity contribution is 5.88. The molecular weight excluding hydrogens is 584 g/mol. The fourth-order valence-electron chi connectivity index (χ4n) is 4.17. The van der Waals surface area contributed by atoms with Gasteiger partial charge in [-0.15, -0.1) is 5.75 Å². The summed E-state index contributed by atoms with van der Waals surface area (Å²) < 4.78 is 16.8. The highest BCUT2D eigenvalue weighted by Gasteiger charge is 2.45. The molecule has 0 radical (unpaired) electrons. The Morgan fingerprint density at radius 1 is 0.886 bits per heavy atom. The number of benzene rings is 3. The van der Waals surface area contributed by atoms with Crippen LogP contribution >= 0.6 is 0 Å². The van der Waals surface area contributed by atoms with Gasteiger partial charge in [-0.1, -0.05) is 24.3 Å². The number of ether oxygens (including phenoxy) is 2. The third-order valence-electron chi connectivity index (χ3n) is 6.44. The first-order valence-corrected chi connectivity index (χ1v) is 12.9. The Hall–Kier alpha value is -5.12. The van der Waals surface area contributed by atoms with Crippen LogP contribution in [0.25, 0.3) is 28.4 Å². The molecule has 9 N–H and O–H groups in total. The zero-order valence-electron chi connectivity index (χ0n) is 22.6. The third kappa shape index (κ3) is 7.26. The van der Waals surface area contributed by atoms with E-state index in [4.69, 9.17) is 19.0 Å². The summed E-state index contributed by atoms with van der Waals surface area (Å²) in [4.78, 5) is 10.1. The van der Waals surface area contributed by atoms with Crippen molar-refractivity contribution in [3.05, 3.63) is 72.3 Å². The first-order valence-electron chi connectivity index (χ1n) is 12.9. The number of aliphatic carboxylic acids is 1. The van der Waals surface area contributed by atoms with E-state index in [1.807, 2.05) is 0 Å². The average Bonchev–Trinajstić information content (AvgIpc) is 2.98. The zero-order valence-corrected chi connectivity index (χ0v) is 22.6. The summed E-state index contributed by atoms with van der Waals surface area (Å²) in [6, 6.07) is 13.3. The lowest BCUT2D eigenvalue weighted by Gasteiger charge is -2.39. The molecule has 0 spiro atoms. The summed E-state index contributed by atoms with van der Waals surface area (Å²) in [7, 11) is 0. The molecule has 2 heterocycles. The molecule has 3 aromatic carbocycles. The van der Waals surface area contributed by atoms with Gasteiger partial charge in [0.25, 0.3) is 0 Å². The highest BCUT2D eigenvalue weighted by atomic mass is 16.7. The van der Waals surface area contributed by atoms with E-state index in [0.717, 1.165) is 12.1 Å². The van der Waals surface area contributed by atoms with Gasteiger partial charge in [-0.05, 0) is 23.8 Å². The number of fused-ring (bicyclic) bond motifs is 1. The molecule has 1 aromatic heterocycles. The summed E-state index contributed by atoms with van der Waals surface area (Å²) in [6.45, 7) is -0.661. The number of rotatable bonds is 6. The normalized spacial score (nSPS) is 21.5. The van der Waals surface area contributed by atoms with Gasteiger partial charge < -0.3 is 60.5 Å². The van der Waals surface area contributed by atoms with Crippen LogP contribution in [0.15, 0.2) is 71.2 Å². The number of phenolic OH excluding ortho intramolecular Hbond substituents is 4. The first kappa shape index (κ1) is 31.8. The Kier molecular flexibility index (Phi) is 9.73. The standard InChI is InChI=1S/C21H20O11.C9H8O3/c22-7-16-17(27)18(28)19(29)21(32-16)31-15-6-10-12(25)4-9(23)5-14(10)30-20(15)8-1-2-11(24)13(26)3-8;10-8-4-1-7(2-5-8)3-6-9(11)12/h1-6,16-19,21-22,27-29H,7H2,(H3-,23,24,25,26);1-6,10H,(H,11,12)/t16-,17-,18+,19-,21?;/m1./s1. The van der Waals surface area contributed by atoms with Crippen LogP contribution in [-0.2, 0) is 9.53 Å². The molecular formula is C30H28O14. The van der Waals surface area contributed by atoms with Gasteiger partial charge in [0.1, 0.15) is 41.3 Å². The van der Waals surface area contributed by atoms with Crippen molar-refractivity contribution in [2.24, 2.45) is 0 Å². The van der Waals surface area contributed by atoms with E-state index in [1.54, 1.807) is 12.1 Å². The van der Waals surface area contributed by atoms with Gasteiger partial charge in [0, 0.05) is 24.3 Å². The quantitative estimate of drug-likeness (QED) is 0.0844. The molecule has 0 amide bonds. The van der Waals surface area contributed by atoms with Crippen molar-refractivity contribution in [2.45, 2.75) is 30.7 Å². The van der Waals surface area contributed by atoms with E-state index in [2.05, 4.69) is 0 Å². The number of aliphatic hydroxyl groups is 4. The molecule has 1 unspecified atom stereocenters. The van der Waals surface area contributed by atoms with Gasteiger partial charge in [0.15, 0.2) is 11.5 Å². The van der Waals surface area contributed by atoms with Crippen molar-refractivity contribution in [1.29, 1.82) is 0 Å². The second-order valence-corrected chi connectivity index (χ2v) is 9.58. The topological polar surface area (TPSA) is 252 Å². The molecule has 1 aliphatic heterocycles. The summed E-state index contributed by atoms with van der Waals surface area (Å²) in [5.41, 5.74) is 0.966. The fourth-order valence-corrected chi connectivity index (χ4v) is 4.17. The molecule has 5 rings (SSSR count). The van der Waals surface area contributed by atoms with Gasteiger partial charge >= 0.3 is 17.3 Å². The molecule has 44 heavy (non-hydrogen) atoms. The summed E-state index contributed by atoms with van der Waals surface area (Å²) in [5, 5.41) is 98.1. The molecule has 1 fully saturated rings. The lowest BCUT2D eigenvalue weighted by molar-refractivity contribution is -0.277. The first-order chi connectivity index (χ1) is 20.9. The Balaban J connectivity index is 0.000000309. The summed E-state index contributed by atoms with van der Waals surface area (Å²) in [6.07, 6.45) is -5.30. The van der Waals surface area contributed by atoms with Crippen molar-refractivity contribution in [3.63, 3.8) is 0 Å². The number of carboxylic acids is 1. The third-order valence-corrected chi connectivity index (χ3v) is 6.44. The van der Waals surface area contributed by atoms with Crippen LogP contribution in [0.4, 0.5) is 0 Å². The number of carboxylic acid groups (broad SMARTS) is 1. The summed E-state index contributed by atoms with van der Waals surface area (Å²) >= 11 is 0. The molecule has 14 heteroatoms. The Morgan fingerprint density at radius 2 is 1.59 bits per heavy atom. The SMILES string of the molecule is O=C(O)C=Cc1ccc([O-])cc1.OC[C@H]1OC(Oc2cc3c(O)cc(O)cc3[o+]c2-c2ccc(O)c(O)c2)[C@H](O)[C@@H](O)[C@@H]1O. The fraction of sp³-hybridized carbons (Fsp3) is 0.200. The van der Waals surface area contributed by atoms with Crippen molar-refractivity contribution >= 4 is 23.0 Å². The molecule has 1 saturated heterocycles. The van der Waals surface area contributed by atoms with E-state index in [9.17, 15) is 50.8 Å². The van der Waals surface area contributed by atoms with Crippen LogP contribution in [0.2, 0.25) is 0 Å². The second kappa shape index (κ2) is 13.5. The molecule has 0 saturated carbocycles. The number of phenols is 4. The van der Waals surface area contributed by atoms with Crippen LogP contribution in [0.5, 0.6) is 34.5 Å². The molecule has 232 valence electrons. The lowest BCUT2D eigenvalue weighted by Crippen LogP contribution is -2.60. The van der Waals surface area contributed by atoms with E-state index < -0.39 is 49.0 Å². The van der Waals surface area contributed by atoms with E-state index >= 15 is 0 Å². The maximum absolute atomic E-state index is 10.6. The van der Waals surface area contributed by atoms with E-state index in [1.165, 1.54) is 48.5 Å². The van der Waals surface area contributed by atoms with Gasteiger partial charge in [-0.2, -0.15) is 0 Å². The Morgan fingerprint density at radius 3 is 2.23 bits per heavy atom. The van der Waals surface area contributed by atoms with Gasteiger partial charge in [0.2, 0.25) is 12.0 Å². The maximum atomic E-state index is 10.6. The van der Waals surface area contributed by atoms with E-state index in [-0.39, 0.29) is 51.0 Å². The lowest BCUT2D eigenvalue weighted by atomic mass is 9.99. The second-order valence-electron chi connectivity index (χ2n) is 9.58. The summed E-state index contributed by atoms with van der Waals surface area (Å²) in [5.74, 6) is -2.72. The van der Waals surface area contributed by atoms with Gasteiger partial charge in [-0.3, -0.25) is 0 Å². The highest BCUT2D eigenvalue weighted by Crippen LogP contribution is 2.42. The van der Waals surface area contributed by atoms with E-state index in [0.29, 0.717) is 5.56 Å². The van der Waals surface area contributed by atoms with Crippen molar-refractivity contribution in [3.8, 4) is 45.8 Å². The average molecular weight is 613 g/mol. The van der Waals surface area contributed by atoms with Gasteiger partial charge in [0.05, 0.1) is 18.2 Å². The minimum atomic E-state index is -1.71. The molecule has 0 bridgehead atoms. The minimum absolute atomic E-state index is 0.0465. The molecule has 5 atom stereocenters. The number of aliphatic hydroxyl groups excluding tert-OH is 4. The van der Waals surface area contributed by atoms with Crippen LogP contribution in [0.1, 0.15) is 5.56 Å². The van der Waals surface area contributed by atoms with Gasteiger partial charge in [-0.25, -0.2) is 9.21 Å². The molecule has 1 aliphatic rings. The van der Waals surface area contributed by atoms with Crippen molar-refractivity contribution in [2.75, 3.05) is 6.61 Å². The predicted molar refractivity (Wildman–Crippen MR) is 150 cm³/mol. The maximum Gasteiger partial charge on any atom is 0.402 e. The van der Waals surface area contributed by atoms with Crippen LogP contribution < -0.4 is 9.84 Å². The van der Waals surface area contributed by atoms with Crippen LogP contribution in [0.3, 0.4) is 0 Å². The smallest absolute Gasteiger partial charge is 0.402 e. The Labute approximate surface area is 248 Å².